The average molecular weight is 829 g/mol. The van der Waals surface area contributed by atoms with Gasteiger partial charge in [-0.05, 0) is 64.2 Å². The zero-order valence-electron chi connectivity index (χ0n) is 39.3. The van der Waals surface area contributed by atoms with Crippen molar-refractivity contribution in [3.8, 4) is 0 Å². The summed E-state index contributed by atoms with van der Waals surface area (Å²) in [6.07, 6.45) is 55.6. The minimum Gasteiger partial charge on any atom is -0.462 e. The van der Waals surface area contributed by atoms with Gasteiger partial charge in [0, 0.05) is 19.3 Å². The number of esters is 3. The molecule has 1 atom stereocenters. The van der Waals surface area contributed by atoms with E-state index in [0.717, 1.165) is 83.5 Å². The molecule has 0 aliphatic carbocycles. The minimum absolute atomic E-state index is 0.0839. The molecule has 0 fully saturated rings. The second kappa shape index (κ2) is 48.3. The first-order valence-electron chi connectivity index (χ1n) is 25.5. The summed E-state index contributed by atoms with van der Waals surface area (Å²) in [5.41, 5.74) is 0. The normalized spacial score (nSPS) is 12.3. The Morgan fingerprint density at radius 1 is 0.339 bits per heavy atom. The highest BCUT2D eigenvalue weighted by atomic mass is 16.6. The summed E-state index contributed by atoms with van der Waals surface area (Å²) >= 11 is 0. The van der Waals surface area contributed by atoms with E-state index in [4.69, 9.17) is 14.2 Å². The molecule has 0 heterocycles. The van der Waals surface area contributed by atoms with Gasteiger partial charge in [0.05, 0.1) is 0 Å². The summed E-state index contributed by atoms with van der Waals surface area (Å²) < 4.78 is 16.7. The molecule has 344 valence electrons. The van der Waals surface area contributed by atoms with E-state index in [2.05, 4.69) is 57.2 Å². The first-order chi connectivity index (χ1) is 29.0. The highest BCUT2D eigenvalue weighted by Crippen LogP contribution is 2.15. The van der Waals surface area contributed by atoms with E-state index in [1.807, 2.05) is 0 Å². The summed E-state index contributed by atoms with van der Waals surface area (Å²) in [7, 11) is 0. The second-order valence-electron chi connectivity index (χ2n) is 17.1. The molecule has 0 aliphatic heterocycles. The molecule has 0 N–H and O–H groups in total. The van der Waals surface area contributed by atoms with Crippen LogP contribution in [0, 0.1) is 0 Å². The van der Waals surface area contributed by atoms with Crippen molar-refractivity contribution in [2.75, 3.05) is 13.2 Å². The summed E-state index contributed by atoms with van der Waals surface area (Å²) in [6, 6.07) is 0. The number of hydrogen-bond donors (Lipinski definition) is 0. The predicted octanol–water partition coefficient (Wildman–Crippen LogP) is 16.5. The molecule has 0 amide bonds. The molecule has 0 aromatic heterocycles. The summed E-state index contributed by atoms with van der Waals surface area (Å²) in [4.78, 5) is 37.9. The lowest BCUT2D eigenvalue weighted by atomic mass is 10.0. The standard InChI is InChI=1S/C53H96O6/c1-4-7-10-13-16-19-22-24-25-26-27-29-31-34-37-40-43-46-52(55)58-49-50(48-57-51(54)45-42-39-36-33-30-21-18-15-12-9-6-3)59-53(56)47-44-41-38-35-32-28-23-20-17-14-11-8-5-2/h15,18,21,28,30,32,50H,4-14,16-17,19-20,22-27,29,31,33-49H2,1-3H3/b18-15-,30-21-,32-28-. The highest BCUT2D eigenvalue weighted by molar-refractivity contribution is 5.71. The fraction of sp³-hybridized carbons (Fsp3) is 0.830. The predicted molar refractivity (Wildman–Crippen MR) is 252 cm³/mol. The van der Waals surface area contributed by atoms with Crippen molar-refractivity contribution >= 4 is 17.9 Å². The molecule has 0 radical (unpaired) electrons. The van der Waals surface area contributed by atoms with E-state index in [-0.39, 0.29) is 31.1 Å². The number of unbranched alkanes of at least 4 members (excludes halogenated alkanes) is 30. The van der Waals surface area contributed by atoms with Crippen LogP contribution in [0.5, 0.6) is 0 Å². The summed E-state index contributed by atoms with van der Waals surface area (Å²) in [5, 5.41) is 0. The number of carbonyl (C=O) groups excluding carboxylic acids is 3. The van der Waals surface area contributed by atoms with E-state index in [1.165, 1.54) is 141 Å². The Hall–Kier alpha value is -2.37. The molecular formula is C53H96O6. The molecule has 6 heteroatoms. The largest absolute Gasteiger partial charge is 0.462 e. The first kappa shape index (κ1) is 56.6. The smallest absolute Gasteiger partial charge is 0.306 e. The Labute approximate surface area is 365 Å². The first-order valence-corrected chi connectivity index (χ1v) is 25.5. The van der Waals surface area contributed by atoms with E-state index in [9.17, 15) is 14.4 Å². The number of rotatable bonds is 46. The van der Waals surface area contributed by atoms with Crippen molar-refractivity contribution in [3.63, 3.8) is 0 Å². The molecule has 0 rings (SSSR count). The van der Waals surface area contributed by atoms with Crippen molar-refractivity contribution in [2.24, 2.45) is 0 Å². The summed E-state index contributed by atoms with van der Waals surface area (Å²) in [5.74, 6) is -0.921. The Kier molecular flexibility index (Phi) is 46.4. The SMILES string of the molecule is CCCC/C=C\C=C/CCCCCC(=O)OCC(COC(=O)CCCCCCCCCCCCCCCCCCC)OC(=O)CCCCC/C=C\CCCCCCCC. The van der Waals surface area contributed by atoms with Gasteiger partial charge in [-0.1, -0.05) is 218 Å². The van der Waals surface area contributed by atoms with Crippen molar-refractivity contribution in [2.45, 2.75) is 271 Å². The lowest BCUT2D eigenvalue weighted by Gasteiger charge is -2.18. The molecule has 0 aliphatic rings. The number of hydrogen-bond acceptors (Lipinski definition) is 6. The monoisotopic (exact) mass is 829 g/mol. The molecular weight excluding hydrogens is 733 g/mol. The molecule has 0 saturated carbocycles. The van der Waals surface area contributed by atoms with E-state index < -0.39 is 6.10 Å². The highest BCUT2D eigenvalue weighted by Gasteiger charge is 2.19. The fourth-order valence-corrected chi connectivity index (χ4v) is 7.24. The zero-order valence-corrected chi connectivity index (χ0v) is 39.3. The van der Waals surface area contributed by atoms with Gasteiger partial charge in [-0.2, -0.15) is 0 Å². The van der Waals surface area contributed by atoms with Crippen LogP contribution >= 0.6 is 0 Å². The quantitative estimate of drug-likeness (QED) is 0.0200. The van der Waals surface area contributed by atoms with E-state index >= 15 is 0 Å². The van der Waals surface area contributed by atoms with E-state index in [0.29, 0.717) is 19.3 Å². The van der Waals surface area contributed by atoms with Gasteiger partial charge in [-0.3, -0.25) is 14.4 Å². The average Bonchev–Trinajstić information content (AvgIpc) is 3.23. The van der Waals surface area contributed by atoms with Gasteiger partial charge >= 0.3 is 17.9 Å². The van der Waals surface area contributed by atoms with Crippen LogP contribution in [0.15, 0.2) is 36.5 Å². The van der Waals surface area contributed by atoms with Crippen molar-refractivity contribution in [1.29, 1.82) is 0 Å². The molecule has 6 nitrogen and oxygen atoms in total. The number of carbonyl (C=O) groups is 3. The van der Waals surface area contributed by atoms with Crippen LogP contribution in [0.2, 0.25) is 0 Å². The Bertz CT molecular complexity index is 1000. The van der Waals surface area contributed by atoms with Gasteiger partial charge in [0.25, 0.3) is 0 Å². The van der Waals surface area contributed by atoms with Crippen LogP contribution in [-0.2, 0) is 28.6 Å². The lowest BCUT2D eigenvalue weighted by Crippen LogP contribution is -2.30. The Morgan fingerprint density at radius 3 is 1.02 bits per heavy atom. The van der Waals surface area contributed by atoms with Crippen LogP contribution in [0.1, 0.15) is 265 Å². The lowest BCUT2D eigenvalue weighted by molar-refractivity contribution is -0.167. The van der Waals surface area contributed by atoms with Gasteiger partial charge in [-0.15, -0.1) is 0 Å². The van der Waals surface area contributed by atoms with E-state index in [1.54, 1.807) is 0 Å². The maximum atomic E-state index is 12.7. The molecule has 0 aromatic rings. The van der Waals surface area contributed by atoms with Crippen LogP contribution in [0.3, 0.4) is 0 Å². The third kappa shape index (κ3) is 46.5. The van der Waals surface area contributed by atoms with Crippen LogP contribution in [-0.4, -0.2) is 37.2 Å². The summed E-state index contributed by atoms with van der Waals surface area (Å²) in [6.45, 7) is 6.56. The zero-order chi connectivity index (χ0) is 43.0. The molecule has 0 aromatic carbocycles. The van der Waals surface area contributed by atoms with Gasteiger partial charge in [-0.25, -0.2) is 0 Å². The maximum absolute atomic E-state index is 12.7. The Balaban J connectivity index is 4.35. The minimum atomic E-state index is -0.786. The molecule has 1 unspecified atom stereocenters. The molecule has 0 saturated heterocycles. The van der Waals surface area contributed by atoms with Gasteiger partial charge < -0.3 is 14.2 Å². The van der Waals surface area contributed by atoms with Crippen LogP contribution in [0.4, 0.5) is 0 Å². The second-order valence-corrected chi connectivity index (χ2v) is 17.1. The van der Waals surface area contributed by atoms with Gasteiger partial charge in [0.1, 0.15) is 13.2 Å². The maximum Gasteiger partial charge on any atom is 0.306 e. The van der Waals surface area contributed by atoms with Crippen molar-refractivity contribution in [1.82, 2.24) is 0 Å². The van der Waals surface area contributed by atoms with Crippen molar-refractivity contribution in [3.05, 3.63) is 36.5 Å². The Morgan fingerprint density at radius 2 is 0.627 bits per heavy atom. The van der Waals surface area contributed by atoms with Crippen LogP contribution in [0.25, 0.3) is 0 Å². The third-order valence-electron chi connectivity index (χ3n) is 11.1. The topological polar surface area (TPSA) is 78.9 Å². The number of ether oxygens (including phenoxy) is 3. The molecule has 0 spiro atoms. The van der Waals surface area contributed by atoms with Gasteiger partial charge in [0.15, 0.2) is 6.10 Å². The molecule has 59 heavy (non-hydrogen) atoms. The van der Waals surface area contributed by atoms with Gasteiger partial charge in [0.2, 0.25) is 0 Å². The number of allylic oxidation sites excluding steroid dienone is 6. The molecule has 0 bridgehead atoms. The fourth-order valence-electron chi connectivity index (χ4n) is 7.24. The third-order valence-corrected chi connectivity index (χ3v) is 11.1. The van der Waals surface area contributed by atoms with Crippen molar-refractivity contribution < 1.29 is 28.6 Å². The van der Waals surface area contributed by atoms with Crippen LogP contribution < -0.4 is 0 Å².